The minimum atomic E-state index is -0.465. The van der Waals surface area contributed by atoms with Gasteiger partial charge < -0.3 is 15.4 Å². The summed E-state index contributed by atoms with van der Waals surface area (Å²) in [7, 11) is 1.57. The maximum atomic E-state index is 12.5. The first-order valence-corrected chi connectivity index (χ1v) is 6.89. The summed E-state index contributed by atoms with van der Waals surface area (Å²) in [5, 5.41) is 6.80. The van der Waals surface area contributed by atoms with E-state index in [-0.39, 0.29) is 5.91 Å². The van der Waals surface area contributed by atoms with Crippen LogP contribution in [0.4, 0.5) is 5.69 Å². The number of hydrogen-bond acceptors (Lipinski definition) is 3. The first-order valence-electron chi connectivity index (χ1n) is 6.51. The fourth-order valence-corrected chi connectivity index (χ4v) is 2.65. The molecule has 1 fully saturated rings. The molecule has 1 aliphatic rings. The summed E-state index contributed by atoms with van der Waals surface area (Å²) in [5.41, 5.74) is 0.148. The van der Waals surface area contributed by atoms with Crippen LogP contribution in [-0.4, -0.2) is 25.1 Å². The van der Waals surface area contributed by atoms with Gasteiger partial charge in [0, 0.05) is 5.02 Å². The third kappa shape index (κ3) is 2.85. The first kappa shape index (κ1) is 14.2. The number of carbonyl (C=O) groups excluding carboxylic acids is 1. The molecule has 1 aromatic rings. The van der Waals surface area contributed by atoms with E-state index >= 15 is 0 Å². The summed E-state index contributed by atoms with van der Waals surface area (Å²) < 4.78 is 5.24. The van der Waals surface area contributed by atoms with Gasteiger partial charge >= 0.3 is 0 Å². The highest BCUT2D eigenvalue weighted by molar-refractivity contribution is 6.31. The normalized spacial score (nSPS) is 22.3. The third-order valence-electron chi connectivity index (χ3n) is 3.69. The molecular formula is C14H19ClN2O2. The predicted molar refractivity (Wildman–Crippen MR) is 76.9 cm³/mol. The Balaban J connectivity index is 2.20. The SMILES string of the molecule is CCC1(C(=O)Nc2cc(Cl)ccc2OC)CCCN1. The van der Waals surface area contributed by atoms with Crippen molar-refractivity contribution in [3.8, 4) is 5.75 Å². The van der Waals surface area contributed by atoms with Crippen LogP contribution in [0.3, 0.4) is 0 Å². The maximum absolute atomic E-state index is 12.5. The molecule has 0 aromatic heterocycles. The smallest absolute Gasteiger partial charge is 0.244 e. The van der Waals surface area contributed by atoms with Crippen LogP contribution < -0.4 is 15.4 Å². The van der Waals surface area contributed by atoms with Crippen LogP contribution >= 0.6 is 11.6 Å². The lowest BCUT2D eigenvalue weighted by atomic mass is 9.93. The second-order valence-corrected chi connectivity index (χ2v) is 5.20. The van der Waals surface area contributed by atoms with E-state index < -0.39 is 5.54 Å². The number of rotatable bonds is 4. The van der Waals surface area contributed by atoms with E-state index in [2.05, 4.69) is 10.6 Å². The Hall–Kier alpha value is -1.26. The van der Waals surface area contributed by atoms with Crippen molar-refractivity contribution < 1.29 is 9.53 Å². The van der Waals surface area contributed by atoms with Crippen molar-refractivity contribution >= 4 is 23.2 Å². The summed E-state index contributed by atoms with van der Waals surface area (Å²) in [6.07, 6.45) is 2.65. The Morgan fingerprint density at radius 3 is 2.95 bits per heavy atom. The van der Waals surface area contributed by atoms with Crippen molar-refractivity contribution in [1.82, 2.24) is 5.32 Å². The average molecular weight is 283 g/mol. The molecule has 1 saturated heterocycles. The van der Waals surface area contributed by atoms with Crippen molar-refractivity contribution in [2.45, 2.75) is 31.7 Å². The molecule has 2 rings (SSSR count). The zero-order valence-corrected chi connectivity index (χ0v) is 12.0. The van der Waals surface area contributed by atoms with Gasteiger partial charge in [0.25, 0.3) is 0 Å². The first-order chi connectivity index (χ1) is 9.11. The summed E-state index contributed by atoms with van der Waals surface area (Å²) in [6.45, 7) is 2.90. The average Bonchev–Trinajstić information content (AvgIpc) is 2.89. The lowest BCUT2D eigenvalue weighted by molar-refractivity contribution is -0.122. The molecule has 0 spiro atoms. The van der Waals surface area contributed by atoms with Gasteiger partial charge in [-0.15, -0.1) is 0 Å². The maximum Gasteiger partial charge on any atom is 0.244 e. The van der Waals surface area contributed by atoms with Crippen LogP contribution in [0.15, 0.2) is 18.2 Å². The van der Waals surface area contributed by atoms with E-state index in [4.69, 9.17) is 16.3 Å². The minimum absolute atomic E-state index is 0.0203. The zero-order valence-electron chi connectivity index (χ0n) is 11.3. The van der Waals surface area contributed by atoms with Crippen molar-refractivity contribution in [1.29, 1.82) is 0 Å². The molecular weight excluding hydrogens is 264 g/mol. The molecule has 5 heteroatoms. The van der Waals surface area contributed by atoms with E-state index in [1.807, 2.05) is 6.92 Å². The lowest BCUT2D eigenvalue weighted by Crippen LogP contribution is -2.50. The number of methoxy groups -OCH3 is 1. The predicted octanol–water partition coefficient (Wildman–Crippen LogP) is 2.82. The minimum Gasteiger partial charge on any atom is -0.495 e. The second-order valence-electron chi connectivity index (χ2n) is 4.76. The van der Waals surface area contributed by atoms with E-state index in [1.165, 1.54) is 0 Å². The van der Waals surface area contributed by atoms with E-state index in [0.717, 1.165) is 25.8 Å². The highest BCUT2D eigenvalue weighted by Gasteiger charge is 2.39. The van der Waals surface area contributed by atoms with Crippen LogP contribution in [0.2, 0.25) is 5.02 Å². The van der Waals surface area contributed by atoms with Gasteiger partial charge in [-0.25, -0.2) is 0 Å². The highest BCUT2D eigenvalue weighted by atomic mass is 35.5. The quantitative estimate of drug-likeness (QED) is 0.893. The molecule has 1 unspecified atom stereocenters. The number of nitrogens with one attached hydrogen (secondary N) is 2. The Morgan fingerprint density at radius 1 is 1.58 bits per heavy atom. The third-order valence-corrected chi connectivity index (χ3v) is 3.93. The second kappa shape index (κ2) is 5.80. The van der Waals surface area contributed by atoms with Gasteiger partial charge in [0.2, 0.25) is 5.91 Å². The molecule has 0 radical (unpaired) electrons. The van der Waals surface area contributed by atoms with Gasteiger partial charge in [-0.3, -0.25) is 4.79 Å². The Labute approximate surface area is 118 Å². The molecule has 4 nitrogen and oxygen atoms in total. The summed E-state index contributed by atoms with van der Waals surface area (Å²) in [4.78, 5) is 12.5. The van der Waals surface area contributed by atoms with Gasteiger partial charge in [0.15, 0.2) is 0 Å². The number of benzene rings is 1. The topological polar surface area (TPSA) is 50.4 Å². The number of anilines is 1. The largest absolute Gasteiger partial charge is 0.495 e. The fraction of sp³-hybridized carbons (Fsp3) is 0.500. The van der Waals surface area contributed by atoms with Crippen molar-refractivity contribution in [3.63, 3.8) is 0 Å². The Morgan fingerprint density at radius 2 is 2.37 bits per heavy atom. The van der Waals surface area contributed by atoms with Crippen LogP contribution in [-0.2, 0) is 4.79 Å². The van der Waals surface area contributed by atoms with E-state index in [1.54, 1.807) is 25.3 Å². The van der Waals surface area contributed by atoms with E-state index in [9.17, 15) is 4.79 Å². The van der Waals surface area contributed by atoms with Crippen molar-refractivity contribution in [3.05, 3.63) is 23.2 Å². The molecule has 0 aliphatic carbocycles. The number of amides is 1. The molecule has 1 amide bonds. The summed E-state index contributed by atoms with van der Waals surface area (Å²) in [5.74, 6) is 0.593. The van der Waals surface area contributed by atoms with Crippen LogP contribution in [0.5, 0.6) is 5.75 Å². The number of hydrogen-bond donors (Lipinski definition) is 2. The van der Waals surface area contributed by atoms with Gasteiger partial charge in [0.05, 0.1) is 18.3 Å². The lowest BCUT2D eigenvalue weighted by Gasteiger charge is -2.27. The highest BCUT2D eigenvalue weighted by Crippen LogP contribution is 2.30. The van der Waals surface area contributed by atoms with Gasteiger partial charge in [-0.05, 0) is 44.0 Å². The van der Waals surface area contributed by atoms with Gasteiger partial charge in [0.1, 0.15) is 5.75 Å². The molecule has 0 saturated carbocycles. The van der Waals surface area contributed by atoms with Gasteiger partial charge in [-0.1, -0.05) is 18.5 Å². The molecule has 1 aliphatic heterocycles. The molecule has 0 bridgehead atoms. The van der Waals surface area contributed by atoms with Crippen molar-refractivity contribution in [2.75, 3.05) is 19.0 Å². The Bertz CT molecular complexity index is 471. The molecule has 1 heterocycles. The number of ether oxygens (including phenoxy) is 1. The van der Waals surface area contributed by atoms with E-state index in [0.29, 0.717) is 16.5 Å². The molecule has 1 aromatic carbocycles. The summed E-state index contributed by atoms with van der Waals surface area (Å²) in [6, 6.07) is 5.19. The molecule has 19 heavy (non-hydrogen) atoms. The number of halogens is 1. The molecule has 1 atom stereocenters. The molecule has 2 N–H and O–H groups in total. The Kier molecular flexibility index (Phi) is 4.32. The zero-order chi connectivity index (χ0) is 13.9. The van der Waals surface area contributed by atoms with Gasteiger partial charge in [-0.2, -0.15) is 0 Å². The van der Waals surface area contributed by atoms with Crippen LogP contribution in [0.1, 0.15) is 26.2 Å². The standard InChI is InChI=1S/C14H19ClN2O2/c1-3-14(7-4-8-16-14)13(18)17-11-9-10(15)5-6-12(11)19-2/h5-6,9,16H,3-4,7-8H2,1-2H3,(H,17,18). The van der Waals surface area contributed by atoms with Crippen molar-refractivity contribution in [2.24, 2.45) is 0 Å². The fourth-order valence-electron chi connectivity index (χ4n) is 2.48. The monoisotopic (exact) mass is 282 g/mol. The number of carbonyl (C=O) groups is 1. The van der Waals surface area contributed by atoms with Crippen LogP contribution in [0, 0.1) is 0 Å². The molecule has 104 valence electrons. The summed E-state index contributed by atoms with van der Waals surface area (Å²) >= 11 is 5.96. The van der Waals surface area contributed by atoms with Crippen LogP contribution in [0.25, 0.3) is 0 Å².